The second-order valence-corrected chi connectivity index (χ2v) is 9.11. The zero-order chi connectivity index (χ0) is 21.8. The van der Waals surface area contributed by atoms with E-state index < -0.39 is 10.0 Å². The summed E-state index contributed by atoms with van der Waals surface area (Å²) < 4.78 is 43.5. The molecule has 1 N–H and O–H groups in total. The molecule has 1 aliphatic rings. The highest BCUT2D eigenvalue weighted by Gasteiger charge is 2.28. The lowest BCUT2D eigenvalue weighted by Gasteiger charge is -2.27. The van der Waals surface area contributed by atoms with Crippen LogP contribution in [0, 0.1) is 0 Å². The van der Waals surface area contributed by atoms with Gasteiger partial charge in [-0.25, -0.2) is 8.42 Å². The summed E-state index contributed by atoms with van der Waals surface area (Å²) in [4.78, 5) is 12.8. The molecule has 0 spiro atoms. The van der Waals surface area contributed by atoms with Crippen molar-refractivity contribution < 1.29 is 27.1 Å². The number of ether oxygens (including phenoxy) is 2. The van der Waals surface area contributed by atoms with Crippen LogP contribution in [0.3, 0.4) is 0 Å². The van der Waals surface area contributed by atoms with Gasteiger partial charge in [-0.3, -0.25) is 4.79 Å². The number of methoxy groups -OCH3 is 1. The first-order chi connectivity index (χ1) is 15.0. The molecule has 4 rings (SSSR count). The number of nitrogens with one attached hydrogen (secondary N) is 1. The molecular weight excluding hydrogens is 420 g/mol. The standard InChI is InChI=1S/C22H24N2O6S/c1-28-18-6-7-19-17(15-30-20(19)13-18)12-22(25)23-14-16-4-2-3-5-21(16)31(26,27)24-8-10-29-11-9-24/h2-7,13,15H,8-12,14H2,1H3,(H,23,25). The first kappa shape index (κ1) is 21.4. The van der Waals surface area contributed by atoms with Crippen LogP contribution < -0.4 is 10.1 Å². The molecule has 1 aromatic heterocycles. The number of morpholine rings is 1. The molecule has 0 unspecified atom stereocenters. The third-order valence-electron chi connectivity index (χ3n) is 5.25. The molecule has 1 amide bonds. The van der Waals surface area contributed by atoms with E-state index in [0.29, 0.717) is 43.2 Å². The Balaban J connectivity index is 1.46. The minimum atomic E-state index is -3.65. The summed E-state index contributed by atoms with van der Waals surface area (Å²) in [5.74, 6) is 0.452. The van der Waals surface area contributed by atoms with Gasteiger partial charge in [0, 0.05) is 36.7 Å². The SMILES string of the molecule is COc1ccc2c(CC(=O)NCc3ccccc3S(=O)(=O)N3CCOCC3)coc2c1. The lowest BCUT2D eigenvalue weighted by molar-refractivity contribution is -0.120. The molecule has 1 fully saturated rings. The fraction of sp³-hybridized carbons (Fsp3) is 0.318. The Hall–Kier alpha value is -2.88. The maximum atomic E-state index is 13.0. The van der Waals surface area contributed by atoms with E-state index in [1.54, 1.807) is 43.7 Å². The molecule has 2 aromatic carbocycles. The summed E-state index contributed by atoms with van der Waals surface area (Å²) in [5, 5.41) is 3.67. The van der Waals surface area contributed by atoms with Crippen molar-refractivity contribution >= 4 is 26.9 Å². The number of nitrogens with zero attached hydrogens (tertiary/aromatic N) is 1. The number of rotatable bonds is 7. The quantitative estimate of drug-likeness (QED) is 0.601. The van der Waals surface area contributed by atoms with E-state index in [1.165, 1.54) is 4.31 Å². The molecule has 31 heavy (non-hydrogen) atoms. The summed E-state index contributed by atoms with van der Waals surface area (Å²) in [5.41, 5.74) is 1.94. The van der Waals surface area contributed by atoms with Gasteiger partial charge in [-0.1, -0.05) is 18.2 Å². The van der Waals surface area contributed by atoms with Crippen LogP contribution in [-0.4, -0.2) is 52.0 Å². The number of hydrogen-bond donors (Lipinski definition) is 1. The first-order valence-corrected chi connectivity index (χ1v) is 11.4. The van der Waals surface area contributed by atoms with E-state index in [-0.39, 0.29) is 23.8 Å². The van der Waals surface area contributed by atoms with E-state index in [2.05, 4.69) is 5.32 Å². The summed E-state index contributed by atoms with van der Waals surface area (Å²) >= 11 is 0. The molecule has 0 saturated carbocycles. The summed E-state index contributed by atoms with van der Waals surface area (Å²) in [6.07, 6.45) is 1.68. The normalized spacial score (nSPS) is 15.1. The Labute approximate surface area is 180 Å². The molecule has 1 aliphatic heterocycles. The van der Waals surface area contributed by atoms with Gasteiger partial charge >= 0.3 is 0 Å². The van der Waals surface area contributed by atoms with Gasteiger partial charge < -0.3 is 19.2 Å². The second kappa shape index (κ2) is 9.09. The van der Waals surface area contributed by atoms with E-state index in [1.807, 2.05) is 12.1 Å². The molecular formula is C22H24N2O6S. The predicted molar refractivity (Wildman–Crippen MR) is 114 cm³/mol. The Morgan fingerprint density at radius 2 is 1.90 bits per heavy atom. The van der Waals surface area contributed by atoms with Crippen LogP contribution in [-0.2, 0) is 32.5 Å². The predicted octanol–water partition coefficient (Wildman–Crippen LogP) is 2.32. The summed E-state index contributed by atoms with van der Waals surface area (Å²) in [6.45, 7) is 1.51. The Morgan fingerprint density at radius 1 is 1.13 bits per heavy atom. The van der Waals surface area contributed by atoms with Crippen molar-refractivity contribution in [2.24, 2.45) is 0 Å². The van der Waals surface area contributed by atoms with E-state index in [9.17, 15) is 13.2 Å². The summed E-state index contributed by atoms with van der Waals surface area (Å²) in [6, 6.07) is 12.2. The maximum absolute atomic E-state index is 13.0. The van der Waals surface area contributed by atoms with Crippen LogP contribution in [0.15, 0.2) is 58.0 Å². The van der Waals surface area contributed by atoms with Crippen LogP contribution in [0.2, 0.25) is 0 Å². The molecule has 8 nitrogen and oxygen atoms in total. The molecule has 0 bridgehead atoms. The smallest absolute Gasteiger partial charge is 0.243 e. The molecule has 0 atom stereocenters. The van der Waals surface area contributed by atoms with Gasteiger partial charge in [-0.05, 0) is 23.8 Å². The molecule has 3 aromatic rings. The zero-order valence-electron chi connectivity index (χ0n) is 17.2. The topological polar surface area (TPSA) is 98.1 Å². The maximum Gasteiger partial charge on any atom is 0.243 e. The van der Waals surface area contributed by atoms with Crippen molar-refractivity contribution in [3.8, 4) is 5.75 Å². The fourth-order valence-electron chi connectivity index (χ4n) is 3.58. The average Bonchev–Trinajstić information content (AvgIpc) is 3.20. The Morgan fingerprint density at radius 3 is 2.68 bits per heavy atom. The lowest BCUT2D eigenvalue weighted by Crippen LogP contribution is -2.41. The van der Waals surface area contributed by atoms with Crippen molar-refractivity contribution in [3.63, 3.8) is 0 Å². The van der Waals surface area contributed by atoms with Gasteiger partial charge in [0.05, 0.1) is 37.9 Å². The molecule has 2 heterocycles. The highest BCUT2D eigenvalue weighted by atomic mass is 32.2. The second-order valence-electron chi connectivity index (χ2n) is 7.20. The highest BCUT2D eigenvalue weighted by Crippen LogP contribution is 2.26. The van der Waals surface area contributed by atoms with Gasteiger partial charge in [-0.2, -0.15) is 4.31 Å². The van der Waals surface area contributed by atoms with Crippen molar-refractivity contribution in [1.29, 1.82) is 0 Å². The van der Waals surface area contributed by atoms with Gasteiger partial charge in [-0.15, -0.1) is 0 Å². The average molecular weight is 445 g/mol. The van der Waals surface area contributed by atoms with Crippen LogP contribution in [0.25, 0.3) is 11.0 Å². The van der Waals surface area contributed by atoms with Gasteiger partial charge in [0.25, 0.3) is 0 Å². The van der Waals surface area contributed by atoms with Gasteiger partial charge in [0.1, 0.15) is 11.3 Å². The molecule has 164 valence electrons. The van der Waals surface area contributed by atoms with Crippen molar-refractivity contribution in [2.45, 2.75) is 17.9 Å². The molecule has 1 saturated heterocycles. The highest BCUT2D eigenvalue weighted by molar-refractivity contribution is 7.89. The van der Waals surface area contributed by atoms with Crippen LogP contribution >= 0.6 is 0 Å². The Kier molecular flexibility index (Phi) is 6.26. The first-order valence-electron chi connectivity index (χ1n) is 9.95. The number of carbonyl (C=O) groups is 1. The number of sulfonamides is 1. The molecule has 0 aliphatic carbocycles. The van der Waals surface area contributed by atoms with Gasteiger partial charge in [0.15, 0.2) is 0 Å². The van der Waals surface area contributed by atoms with Gasteiger partial charge in [0.2, 0.25) is 15.9 Å². The minimum Gasteiger partial charge on any atom is -0.497 e. The Bertz CT molecular complexity index is 1180. The third-order valence-corrected chi connectivity index (χ3v) is 7.25. The largest absolute Gasteiger partial charge is 0.497 e. The summed E-state index contributed by atoms with van der Waals surface area (Å²) in [7, 11) is -2.07. The molecule has 9 heteroatoms. The van der Waals surface area contributed by atoms with Crippen LogP contribution in [0.5, 0.6) is 5.75 Å². The third kappa shape index (κ3) is 4.58. The fourth-order valence-corrected chi connectivity index (χ4v) is 5.21. The number of amides is 1. The van der Waals surface area contributed by atoms with Crippen LogP contribution in [0.4, 0.5) is 0 Å². The number of furan rings is 1. The number of benzene rings is 2. The van der Waals surface area contributed by atoms with Crippen molar-refractivity contribution in [2.75, 3.05) is 33.4 Å². The zero-order valence-corrected chi connectivity index (χ0v) is 18.0. The minimum absolute atomic E-state index is 0.113. The number of fused-ring (bicyclic) bond motifs is 1. The monoisotopic (exact) mass is 444 g/mol. The van der Waals surface area contributed by atoms with Crippen molar-refractivity contribution in [1.82, 2.24) is 9.62 Å². The molecule has 0 radical (unpaired) electrons. The number of hydrogen-bond acceptors (Lipinski definition) is 6. The van der Waals surface area contributed by atoms with Crippen LogP contribution in [0.1, 0.15) is 11.1 Å². The van der Waals surface area contributed by atoms with Crippen molar-refractivity contribution in [3.05, 3.63) is 59.9 Å². The number of carbonyl (C=O) groups excluding carboxylic acids is 1. The lowest BCUT2D eigenvalue weighted by atomic mass is 10.1. The van der Waals surface area contributed by atoms with E-state index in [4.69, 9.17) is 13.9 Å². The van der Waals surface area contributed by atoms with E-state index >= 15 is 0 Å². The van der Waals surface area contributed by atoms with E-state index in [0.717, 1.165) is 10.9 Å².